The van der Waals surface area contributed by atoms with Crippen molar-refractivity contribution in [3.63, 3.8) is 0 Å². The largest absolute Gasteiger partial charge is 0.356 e. The van der Waals surface area contributed by atoms with Crippen molar-refractivity contribution in [1.82, 2.24) is 15.5 Å². The molecule has 1 heterocycles. The first-order valence-corrected chi connectivity index (χ1v) is 8.78. The molecular weight excluding hydrogens is 353 g/mol. The normalized spacial score (nSPS) is 17.1. The zero-order valence-corrected chi connectivity index (χ0v) is 15.0. The first-order chi connectivity index (χ1) is 12.0. The lowest BCUT2D eigenvalue weighted by atomic mass is 10.1. The molecule has 1 saturated heterocycles. The van der Waals surface area contributed by atoms with Gasteiger partial charge in [-0.1, -0.05) is 17.7 Å². The molecule has 0 aliphatic carbocycles. The Labute approximate surface area is 151 Å². The van der Waals surface area contributed by atoms with Crippen LogP contribution in [0.4, 0.5) is 13.2 Å². The fraction of sp³-hybridized carbons (Fsp3) is 0.588. The van der Waals surface area contributed by atoms with Crippen molar-refractivity contribution in [2.75, 3.05) is 33.2 Å². The first-order valence-electron chi connectivity index (χ1n) is 8.40. The van der Waals surface area contributed by atoms with Gasteiger partial charge in [0.25, 0.3) is 6.43 Å². The summed E-state index contributed by atoms with van der Waals surface area (Å²) in [6, 6.07) is 4.83. The summed E-state index contributed by atoms with van der Waals surface area (Å²) in [4.78, 5) is 5.94. The molecule has 1 fully saturated rings. The van der Waals surface area contributed by atoms with Crippen molar-refractivity contribution in [3.8, 4) is 0 Å². The van der Waals surface area contributed by atoms with E-state index in [4.69, 9.17) is 11.6 Å². The van der Waals surface area contributed by atoms with Crippen LogP contribution in [0.5, 0.6) is 0 Å². The van der Waals surface area contributed by atoms with Gasteiger partial charge in [-0.3, -0.25) is 9.89 Å². The van der Waals surface area contributed by atoms with E-state index >= 15 is 0 Å². The molecule has 0 saturated carbocycles. The quantitative estimate of drug-likeness (QED) is 0.592. The molecule has 25 heavy (non-hydrogen) atoms. The number of halogens is 4. The Balaban J connectivity index is 1.74. The van der Waals surface area contributed by atoms with E-state index in [1.807, 2.05) is 0 Å². The van der Waals surface area contributed by atoms with Gasteiger partial charge in [0, 0.05) is 43.3 Å². The molecule has 0 unspecified atom stereocenters. The summed E-state index contributed by atoms with van der Waals surface area (Å²) in [6.07, 6.45) is -0.276. The van der Waals surface area contributed by atoms with Gasteiger partial charge in [0.2, 0.25) is 0 Å². The van der Waals surface area contributed by atoms with Crippen LogP contribution in [-0.2, 0) is 6.42 Å². The Morgan fingerprint density at radius 3 is 2.68 bits per heavy atom. The highest BCUT2D eigenvalue weighted by Crippen LogP contribution is 2.19. The number of aliphatic imine (C=N–C) groups is 1. The van der Waals surface area contributed by atoms with Gasteiger partial charge in [0.15, 0.2) is 5.96 Å². The number of benzene rings is 1. The fourth-order valence-corrected chi connectivity index (χ4v) is 3.18. The van der Waals surface area contributed by atoms with Crippen molar-refractivity contribution in [2.24, 2.45) is 4.99 Å². The number of guanidine groups is 1. The van der Waals surface area contributed by atoms with Gasteiger partial charge in [-0.25, -0.2) is 13.2 Å². The van der Waals surface area contributed by atoms with Gasteiger partial charge < -0.3 is 10.6 Å². The van der Waals surface area contributed by atoms with E-state index in [2.05, 4.69) is 15.6 Å². The second-order valence-electron chi connectivity index (χ2n) is 6.06. The first kappa shape index (κ1) is 19.8. The van der Waals surface area contributed by atoms with Gasteiger partial charge in [0.05, 0.1) is 6.54 Å². The molecule has 1 aliphatic rings. The molecule has 0 spiro atoms. The highest BCUT2D eigenvalue weighted by Gasteiger charge is 2.21. The molecule has 0 radical (unpaired) electrons. The standard InChI is InChI=1S/C17H24ClF3N4/c1-22-17(23-8-5-13-14(18)3-2-4-15(13)19)24-12-6-9-25(10-7-12)11-16(20)21/h2-4,12,16H,5-11H2,1H3,(H2,22,23,24). The fourth-order valence-electron chi connectivity index (χ4n) is 2.92. The van der Waals surface area contributed by atoms with Gasteiger partial charge in [0.1, 0.15) is 5.82 Å². The maximum Gasteiger partial charge on any atom is 0.251 e. The monoisotopic (exact) mass is 376 g/mol. The highest BCUT2D eigenvalue weighted by atomic mass is 35.5. The lowest BCUT2D eigenvalue weighted by Crippen LogP contribution is -2.49. The minimum Gasteiger partial charge on any atom is -0.356 e. The van der Waals surface area contributed by atoms with Gasteiger partial charge >= 0.3 is 0 Å². The molecule has 0 amide bonds. The zero-order valence-electron chi connectivity index (χ0n) is 14.2. The second-order valence-corrected chi connectivity index (χ2v) is 6.47. The van der Waals surface area contributed by atoms with Crippen LogP contribution >= 0.6 is 11.6 Å². The summed E-state index contributed by atoms with van der Waals surface area (Å²) in [7, 11) is 1.66. The Bertz CT molecular complexity index is 555. The predicted octanol–water partition coefficient (Wildman–Crippen LogP) is 2.92. The van der Waals surface area contributed by atoms with Crippen LogP contribution in [0.3, 0.4) is 0 Å². The molecule has 0 bridgehead atoms. The van der Waals surface area contributed by atoms with E-state index in [0.717, 1.165) is 12.8 Å². The van der Waals surface area contributed by atoms with E-state index in [9.17, 15) is 13.2 Å². The van der Waals surface area contributed by atoms with Crippen LogP contribution in [-0.4, -0.2) is 56.6 Å². The van der Waals surface area contributed by atoms with Crippen molar-refractivity contribution < 1.29 is 13.2 Å². The number of hydrogen-bond acceptors (Lipinski definition) is 2. The predicted molar refractivity (Wildman–Crippen MR) is 95.1 cm³/mol. The van der Waals surface area contributed by atoms with Crippen molar-refractivity contribution in [3.05, 3.63) is 34.6 Å². The van der Waals surface area contributed by atoms with Crippen molar-refractivity contribution >= 4 is 17.6 Å². The molecular formula is C17H24ClF3N4. The summed E-state index contributed by atoms with van der Waals surface area (Å²) < 4.78 is 38.5. The lowest BCUT2D eigenvalue weighted by Gasteiger charge is -2.32. The third kappa shape index (κ3) is 6.40. The topological polar surface area (TPSA) is 39.7 Å². The van der Waals surface area contributed by atoms with Gasteiger partial charge in [-0.05, 0) is 31.4 Å². The molecule has 1 aliphatic heterocycles. The number of alkyl halides is 2. The summed E-state index contributed by atoms with van der Waals surface area (Å²) >= 11 is 6.01. The minimum atomic E-state index is -2.29. The van der Waals surface area contributed by atoms with Crippen LogP contribution in [0, 0.1) is 5.82 Å². The number of hydrogen-bond donors (Lipinski definition) is 2. The molecule has 2 N–H and O–H groups in total. The average Bonchev–Trinajstić information content (AvgIpc) is 2.57. The third-order valence-corrected chi connectivity index (χ3v) is 4.63. The molecule has 140 valence electrons. The SMILES string of the molecule is CN=C(NCCc1c(F)cccc1Cl)NC1CCN(CC(F)F)CC1. The van der Waals surface area contributed by atoms with Crippen molar-refractivity contribution in [1.29, 1.82) is 0 Å². The number of likely N-dealkylation sites (tertiary alicyclic amines) is 1. The van der Waals surface area contributed by atoms with Gasteiger partial charge in [-0.2, -0.15) is 0 Å². The molecule has 0 aromatic heterocycles. The molecule has 0 atom stereocenters. The molecule has 1 aromatic carbocycles. The molecule has 8 heteroatoms. The Kier molecular flexibility index (Phi) is 7.84. The summed E-state index contributed by atoms with van der Waals surface area (Å²) in [5.74, 6) is 0.309. The zero-order chi connectivity index (χ0) is 18.2. The van der Waals surface area contributed by atoms with Crippen LogP contribution < -0.4 is 10.6 Å². The number of rotatable bonds is 6. The summed E-state index contributed by atoms with van der Waals surface area (Å²) in [6.45, 7) is 1.61. The molecule has 2 rings (SSSR count). The van der Waals surface area contributed by atoms with Crippen LogP contribution in [0.1, 0.15) is 18.4 Å². The van der Waals surface area contributed by atoms with Crippen LogP contribution in [0.15, 0.2) is 23.2 Å². The Morgan fingerprint density at radius 1 is 1.36 bits per heavy atom. The lowest BCUT2D eigenvalue weighted by molar-refractivity contribution is 0.0744. The van der Waals surface area contributed by atoms with E-state index in [1.165, 1.54) is 6.07 Å². The number of nitrogens with one attached hydrogen (secondary N) is 2. The van der Waals surface area contributed by atoms with Crippen molar-refractivity contribution in [2.45, 2.75) is 31.7 Å². The van der Waals surface area contributed by atoms with E-state index in [-0.39, 0.29) is 18.4 Å². The highest BCUT2D eigenvalue weighted by molar-refractivity contribution is 6.31. The van der Waals surface area contributed by atoms with E-state index in [1.54, 1.807) is 24.1 Å². The van der Waals surface area contributed by atoms with Crippen LogP contribution in [0.2, 0.25) is 5.02 Å². The smallest absolute Gasteiger partial charge is 0.251 e. The Hall–Kier alpha value is -1.47. The van der Waals surface area contributed by atoms with E-state index < -0.39 is 6.43 Å². The summed E-state index contributed by atoms with van der Waals surface area (Å²) in [5.41, 5.74) is 0.479. The Morgan fingerprint density at radius 2 is 2.08 bits per heavy atom. The van der Waals surface area contributed by atoms with Crippen LogP contribution in [0.25, 0.3) is 0 Å². The maximum atomic E-state index is 13.7. The number of piperidine rings is 1. The maximum absolute atomic E-state index is 13.7. The molecule has 1 aromatic rings. The minimum absolute atomic E-state index is 0.164. The number of nitrogens with zero attached hydrogens (tertiary/aromatic N) is 2. The van der Waals surface area contributed by atoms with E-state index in [0.29, 0.717) is 42.6 Å². The summed E-state index contributed by atoms with van der Waals surface area (Å²) in [5, 5.41) is 6.85. The third-order valence-electron chi connectivity index (χ3n) is 4.28. The molecule has 4 nitrogen and oxygen atoms in total. The second kappa shape index (κ2) is 9.87. The van der Waals surface area contributed by atoms with Gasteiger partial charge in [-0.15, -0.1) is 0 Å². The average molecular weight is 377 g/mol.